The van der Waals surface area contributed by atoms with Crippen LogP contribution in [0, 0.1) is 12.8 Å². The average molecular weight is 315 g/mol. The fourth-order valence-corrected chi connectivity index (χ4v) is 3.22. The van der Waals surface area contributed by atoms with E-state index in [2.05, 4.69) is 25.3 Å². The largest absolute Gasteiger partial charge is 0.496 e. The molecule has 0 aliphatic carbocycles. The van der Waals surface area contributed by atoms with Crippen LogP contribution in [-0.2, 0) is 0 Å². The lowest BCUT2D eigenvalue weighted by atomic mass is 9.98. The molecule has 23 heavy (non-hydrogen) atoms. The van der Waals surface area contributed by atoms with Gasteiger partial charge in [-0.05, 0) is 37.8 Å². The van der Waals surface area contributed by atoms with Crippen molar-refractivity contribution in [2.24, 2.45) is 5.92 Å². The standard InChI is InChI=1S/C19H25NO3/c1-7-16(11(2)3)20-10-15(13(5)21)19(22)14-8-12(4)18(23-6)9-17(14)20/h8-11,16H,7H2,1-6H3/t16-/m1/s1. The molecule has 0 aliphatic rings. The van der Waals surface area contributed by atoms with Crippen LogP contribution in [0.2, 0.25) is 0 Å². The normalized spacial score (nSPS) is 12.7. The summed E-state index contributed by atoms with van der Waals surface area (Å²) in [4.78, 5) is 24.6. The van der Waals surface area contributed by atoms with Gasteiger partial charge in [0.2, 0.25) is 0 Å². The minimum absolute atomic E-state index is 0.197. The molecule has 0 amide bonds. The maximum Gasteiger partial charge on any atom is 0.200 e. The van der Waals surface area contributed by atoms with Crippen molar-refractivity contribution >= 4 is 16.7 Å². The molecule has 1 aromatic heterocycles. The maximum atomic E-state index is 12.7. The van der Waals surface area contributed by atoms with Crippen LogP contribution >= 0.6 is 0 Å². The van der Waals surface area contributed by atoms with Gasteiger partial charge in [-0.25, -0.2) is 0 Å². The fourth-order valence-electron chi connectivity index (χ4n) is 3.22. The number of benzene rings is 1. The van der Waals surface area contributed by atoms with E-state index in [1.165, 1.54) is 6.92 Å². The van der Waals surface area contributed by atoms with Gasteiger partial charge in [0.25, 0.3) is 0 Å². The molecule has 0 N–H and O–H groups in total. The molecule has 0 aliphatic heterocycles. The molecule has 1 heterocycles. The second-order valence-electron chi connectivity index (χ2n) is 6.39. The SMILES string of the molecule is CC[C@H](C(C)C)n1cc(C(C)=O)c(=O)c2cc(C)c(OC)cc21. The third-order valence-electron chi connectivity index (χ3n) is 4.47. The fraction of sp³-hybridized carbons (Fsp3) is 0.474. The lowest BCUT2D eigenvalue weighted by Crippen LogP contribution is -2.22. The summed E-state index contributed by atoms with van der Waals surface area (Å²) in [7, 11) is 1.63. The van der Waals surface area contributed by atoms with Crippen molar-refractivity contribution in [1.29, 1.82) is 0 Å². The summed E-state index contributed by atoms with van der Waals surface area (Å²) in [6.07, 6.45) is 2.64. The molecule has 124 valence electrons. The van der Waals surface area contributed by atoms with Crippen molar-refractivity contribution in [2.45, 2.75) is 47.1 Å². The zero-order valence-electron chi connectivity index (χ0n) is 14.8. The first-order valence-electron chi connectivity index (χ1n) is 8.06. The summed E-state index contributed by atoms with van der Waals surface area (Å²) < 4.78 is 7.49. The lowest BCUT2D eigenvalue weighted by Gasteiger charge is -2.26. The van der Waals surface area contributed by atoms with E-state index < -0.39 is 0 Å². The number of pyridine rings is 1. The first kappa shape index (κ1) is 17.3. The van der Waals surface area contributed by atoms with E-state index in [0.717, 1.165) is 23.3 Å². The first-order chi connectivity index (χ1) is 10.8. The highest BCUT2D eigenvalue weighted by Crippen LogP contribution is 2.29. The van der Waals surface area contributed by atoms with Crippen LogP contribution < -0.4 is 10.2 Å². The Morgan fingerprint density at radius 1 is 1.30 bits per heavy atom. The van der Waals surface area contributed by atoms with Crippen molar-refractivity contribution in [2.75, 3.05) is 7.11 Å². The summed E-state index contributed by atoms with van der Waals surface area (Å²) in [5.74, 6) is 0.940. The molecule has 0 unspecified atom stereocenters. The molecule has 4 nitrogen and oxygen atoms in total. The highest BCUT2D eigenvalue weighted by molar-refractivity contribution is 5.97. The second kappa shape index (κ2) is 6.57. The molecule has 0 radical (unpaired) electrons. The Kier molecular flexibility index (Phi) is 4.93. The minimum atomic E-state index is -0.201. The molecular formula is C19H25NO3. The molecule has 0 saturated heterocycles. The predicted octanol–water partition coefficient (Wildman–Crippen LogP) is 4.13. The van der Waals surface area contributed by atoms with Crippen molar-refractivity contribution < 1.29 is 9.53 Å². The van der Waals surface area contributed by atoms with Crippen LogP contribution in [0.5, 0.6) is 5.75 Å². The number of fused-ring (bicyclic) bond motifs is 1. The van der Waals surface area contributed by atoms with E-state index in [1.54, 1.807) is 13.3 Å². The van der Waals surface area contributed by atoms with E-state index in [1.807, 2.05) is 19.1 Å². The van der Waals surface area contributed by atoms with Gasteiger partial charge in [-0.15, -0.1) is 0 Å². The predicted molar refractivity (Wildman–Crippen MR) is 93.7 cm³/mol. The van der Waals surface area contributed by atoms with E-state index in [9.17, 15) is 9.59 Å². The van der Waals surface area contributed by atoms with Crippen LogP contribution in [0.4, 0.5) is 0 Å². The molecule has 0 saturated carbocycles. The Balaban J connectivity index is 2.95. The Bertz CT molecular complexity index is 802. The van der Waals surface area contributed by atoms with Gasteiger partial charge in [0.15, 0.2) is 11.2 Å². The summed E-state index contributed by atoms with van der Waals surface area (Å²) in [6.45, 7) is 9.77. The summed E-state index contributed by atoms with van der Waals surface area (Å²) >= 11 is 0. The monoisotopic (exact) mass is 315 g/mol. The van der Waals surface area contributed by atoms with Gasteiger partial charge in [0.1, 0.15) is 5.75 Å². The minimum Gasteiger partial charge on any atom is -0.496 e. The third-order valence-corrected chi connectivity index (χ3v) is 4.47. The van der Waals surface area contributed by atoms with E-state index in [0.29, 0.717) is 11.3 Å². The number of hydrogen-bond acceptors (Lipinski definition) is 3. The van der Waals surface area contributed by atoms with Crippen LogP contribution in [0.15, 0.2) is 23.1 Å². The number of carbonyl (C=O) groups is 1. The number of Topliss-reactive ketones (excluding diaryl/α,β-unsaturated/α-hetero) is 1. The van der Waals surface area contributed by atoms with Gasteiger partial charge < -0.3 is 9.30 Å². The number of hydrogen-bond donors (Lipinski definition) is 0. The molecule has 0 fully saturated rings. The van der Waals surface area contributed by atoms with Crippen molar-refractivity contribution in [1.82, 2.24) is 4.57 Å². The third kappa shape index (κ3) is 3.03. The van der Waals surface area contributed by atoms with Gasteiger partial charge in [-0.2, -0.15) is 0 Å². The average Bonchev–Trinajstić information content (AvgIpc) is 2.49. The number of carbonyl (C=O) groups excluding carboxylic acids is 1. The molecule has 1 atom stereocenters. The van der Waals surface area contributed by atoms with Gasteiger partial charge in [-0.3, -0.25) is 9.59 Å². The number of aromatic nitrogens is 1. The Labute approximate surface area is 137 Å². The highest BCUT2D eigenvalue weighted by atomic mass is 16.5. The highest BCUT2D eigenvalue weighted by Gasteiger charge is 2.20. The van der Waals surface area contributed by atoms with Crippen LogP contribution in [0.3, 0.4) is 0 Å². The van der Waals surface area contributed by atoms with Crippen molar-refractivity contribution in [3.05, 3.63) is 39.7 Å². The number of ether oxygens (including phenoxy) is 1. The number of rotatable bonds is 5. The van der Waals surface area contributed by atoms with Crippen LogP contribution in [0.1, 0.15) is 56.1 Å². The number of ketones is 1. The lowest BCUT2D eigenvalue weighted by molar-refractivity contribution is 0.101. The zero-order valence-corrected chi connectivity index (χ0v) is 14.8. The van der Waals surface area contributed by atoms with Crippen LogP contribution in [0.25, 0.3) is 10.9 Å². The Morgan fingerprint density at radius 3 is 2.43 bits per heavy atom. The van der Waals surface area contributed by atoms with Gasteiger partial charge in [0.05, 0.1) is 18.2 Å². The van der Waals surface area contributed by atoms with Gasteiger partial charge >= 0.3 is 0 Å². The van der Waals surface area contributed by atoms with E-state index in [-0.39, 0.29) is 22.8 Å². The molecule has 1 aromatic carbocycles. The Morgan fingerprint density at radius 2 is 1.96 bits per heavy atom. The zero-order chi connectivity index (χ0) is 17.3. The molecule has 4 heteroatoms. The van der Waals surface area contributed by atoms with Crippen LogP contribution in [-0.4, -0.2) is 17.5 Å². The number of nitrogens with zero attached hydrogens (tertiary/aromatic N) is 1. The Hall–Kier alpha value is -2.10. The number of methoxy groups -OCH3 is 1. The molecular weight excluding hydrogens is 290 g/mol. The molecule has 0 bridgehead atoms. The van der Waals surface area contributed by atoms with Gasteiger partial charge in [-0.1, -0.05) is 20.8 Å². The smallest absolute Gasteiger partial charge is 0.200 e. The summed E-state index contributed by atoms with van der Waals surface area (Å²) in [6, 6.07) is 3.94. The van der Waals surface area contributed by atoms with Gasteiger partial charge in [0, 0.05) is 23.7 Å². The maximum absolute atomic E-state index is 12.7. The van der Waals surface area contributed by atoms with Crippen molar-refractivity contribution in [3.8, 4) is 5.75 Å². The topological polar surface area (TPSA) is 48.3 Å². The molecule has 0 spiro atoms. The summed E-state index contributed by atoms with van der Waals surface area (Å²) in [5.41, 5.74) is 1.76. The van der Waals surface area contributed by atoms with Crippen molar-refractivity contribution in [3.63, 3.8) is 0 Å². The number of aryl methyl sites for hydroxylation is 1. The van der Waals surface area contributed by atoms with E-state index >= 15 is 0 Å². The molecule has 2 aromatic rings. The summed E-state index contributed by atoms with van der Waals surface area (Å²) in [5, 5.41) is 0.579. The van der Waals surface area contributed by atoms with E-state index in [4.69, 9.17) is 4.74 Å². The molecule has 2 rings (SSSR count). The second-order valence-corrected chi connectivity index (χ2v) is 6.39. The first-order valence-corrected chi connectivity index (χ1v) is 8.06. The quantitative estimate of drug-likeness (QED) is 0.780.